The normalized spacial score (nSPS) is 12.9. The summed E-state index contributed by atoms with van der Waals surface area (Å²) in [5, 5.41) is 12.6. The Kier molecular flexibility index (Phi) is 13.6. The van der Waals surface area contributed by atoms with Crippen molar-refractivity contribution in [2.75, 3.05) is 16.8 Å². The van der Waals surface area contributed by atoms with Gasteiger partial charge in [0.15, 0.2) is 0 Å². The molecule has 0 aliphatic carbocycles. The summed E-state index contributed by atoms with van der Waals surface area (Å²) in [7, 11) is 0. The molecular weight excluding hydrogens is 416 g/mol. The van der Waals surface area contributed by atoms with E-state index in [1.165, 1.54) is 22.3 Å². The number of aryl methyl sites for hydroxylation is 1. The van der Waals surface area contributed by atoms with Crippen LogP contribution >= 0.6 is 11.8 Å². The van der Waals surface area contributed by atoms with Crippen LogP contribution in [0.15, 0.2) is 58.7 Å². The zero-order chi connectivity index (χ0) is 23.9. The summed E-state index contributed by atoms with van der Waals surface area (Å²) in [4.78, 5) is 14.7. The zero-order valence-electron chi connectivity index (χ0n) is 20.8. The molecule has 0 aliphatic rings. The van der Waals surface area contributed by atoms with Crippen molar-refractivity contribution in [3.05, 3.63) is 64.4 Å². The van der Waals surface area contributed by atoms with Gasteiger partial charge in [0.25, 0.3) is 0 Å². The fourth-order valence-electron chi connectivity index (χ4n) is 3.13. The number of nitrogens with one attached hydrogen (secondary N) is 2. The highest BCUT2D eigenvalue weighted by atomic mass is 32.2. The van der Waals surface area contributed by atoms with Crippen LogP contribution in [0.4, 0.5) is 5.82 Å². The van der Waals surface area contributed by atoms with E-state index >= 15 is 0 Å². The van der Waals surface area contributed by atoms with E-state index in [0.29, 0.717) is 5.75 Å². The maximum absolute atomic E-state index is 11.6. The number of H-pyrrole nitrogens is 1. The van der Waals surface area contributed by atoms with Crippen LogP contribution in [-0.4, -0.2) is 33.6 Å². The molecule has 178 valence electrons. The average Bonchev–Trinajstić information content (AvgIpc) is 3.11. The van der Waals surface area contributed by atoms with Gasteiger partial charge in [-0.25, -0.2) is 4.79 Å². The van der Waals surface area contributed by atoms with E-state index in [-0.39, 0.29) is 0 Å². The SMILES string of the molecule is CC(C)=CCCC(C)=CCCC(=CCSCC(Nc1ccc(C)[nH]1)C(=O)O)CC=C(C)C. The van der Waals surface area contributed by atoms with E-state index in [4.69, 9.17) is 0 Å². The number of rotatable bonds is 15. The quantitative estimate of drug-likeness (QED) is 0.186. The molecular formula is C27H42N2O2S. The summed E-state index contributed by atoms with van der Waals surface area (Å²) in [6.07, 6.45) is 14.5. The van der Waals surface area contributed by atoms with Crippen molar-refractivity contribution in [2.24, 2.45) is 0 Å². The second kappa shape index (κ2) is 15.6. The standard InChI is InChI=1S/C27H42N2O2S/c1-20(2)9-7-10-22(5)11-8-12-24(15-13-21(3)4)17-18-32-19-25(27(30)31)29-26-16-14-23(6)28-26/h9,11,13-14,16-17,25,28-29H,7-8,10,12,15,18-19H2,1-6H3,(H,30,31). The first-order valence-electron chi connectivity index (χ1n) is 11.5. The lowest BCUT2D eigenvalue weighted by Gasteiger charge is -2.14. The van der Waals surface area contributed by atoms with Gasteiger partial charge in [0, 0.05) is 17.2 Å². The maximum Gasteiger partial charge on any atom is 0.327 e. The molecule has 1 rings (SSSR count). The van der Waals surface area contributed by atoms with Gasteiger partial charge >= 0.3 is 5.97 Å². The van der Waals surface area contributed by atoms with Crippen LogP contribution in [0.25, 0.3) is 0 Å². The fourth-order valence-corrected chi connectivity index (χ4v) is 4.08. The van der Waals surface area contributed by atoms with Crippen molar-refractivity contribution in [3.8, 4) is 0 Å². The van der Waals surface area contributed by atoms with Gasteiger partial charge in [0.2, 0.25) is 0 Å². The number of anilines is 1. The monoisotopic (exact) mass is 458 g/mol. The summed E-state index contributed by atoms with van der Waals surface area (Å²) in [5.41, 5.74) is 6.59. The molecule has 1 heterocycles. The van der Waals surface area contributed by atoms with Crippen molar-refractivity contribution in [1.82, 2.24) is 4.98 Å². The third kappa shape index (κ3) is 13.3. The van der Waals surface area contributed by atoms with Gasteiger partial charge in [0.1, 0.15) is 11.9 Å². The Morgan fingerprint density at radius 1 is 1.03 bits per heavy atom. The number of aromatic nitrogens is 1. The third-order valence-corrected chi connectivity index (χ3v) is 6.03. The van der Waals surface area contributed by atoms with Crippen LogP contribution in [0.5, 0.6) is 0 Å². The lowest BCUT2D eigenvalue weighted by Crippen LogP contribution is -2.31. The van der Waals surface area contributed by atoms with Gasteiger partial charge in [-0.15, -0.1) is 0 Å². The van der Waals surface area contributed by atoms with Gasteiger partial charge in [-0.1, -0.05) is 46.6 Å². The van der Waals surface area contributed by atoms with Crippen molar-refractivity contribution in [2.45, 2.75) is 79.7 Å². The lowest BCUT2D eigenvalue weighted by molar-refractivity contribution is -0.137. The Hall–Kier alpha value is -2.14. The molecule has 0 saturated carbocycles. The zero-order valence-corrected chi connectivity index (χ0v) is 21.6. The van der Waals surface area contributed by atoms with Crippen LogP contribution in [0.3, 0.4) is 0 Å². The number of hydrogen-bond acceptors (Lipinski definition) is 3. The minimum absolute atomic E-state index is 0.517. The molecule has 1 aromatic heterocycles. The summed E-state index contributed by atoms with van der Waals surface area (Å²) >= 11 is 1.66. The Morgan fingerprint density at radius 2 is 1.72 bits per heavy atom. The highest BCUT2D eigenvalue weighted by molar-refractivity contribution is 7.99. The molecule has 5 heteroatoms. The molecule has 0 aliphatic heterocycles. The van der Waals surface area contributed by atoms with Crippen LogP contribution in [-0.2, 0) is 4.79 Å². The first-order valence-corrected chi connectivity index (χ1v) is 12.7. The molecule has 0 aromatic carbocycles. The number of carboxylic acid groups (broad SMARTS) is 1. The minimum atomic E-state index is -0.827. The molecule has 0 bridgehead atoms. The first-order chi connectivity index (χ1) is 15.2. The Bertz CT molecular complexity index is 822. The maximum atomic E-state index is 11.6. The lowest BCUT2D eigenvalue weighted by atomic mass is 10.0. The van der Waals surface area contributed by atoms with E-state index in [1.54, 1.807) is 11.8 Å². The van der Waals surface area contributed by atoms with Crippen molar-refractivity contribution < 1.29 is 9.90 Å². The molecule has 0 fully saturated rings. The number of carbonyl (C=O) groups is 1. The fraction of sp³-hybridized carbons (Fsp3) is 0.519. The number of aliphatic carboxylic acids is 1. The molecule has 4 nitrogen and oxygen atoms in total. The van der Waals surface area contributed by atoms with Crippen LogP contribution in [0.1, 0.15) is 72.4 Å². The minimum Gasteiger partial charge on any atom is -0.480 e. The van der Waals surface area contributed by atoms with E-state index in [9.17, 15) is 9.90 Å². The second-order valence-corrected chi connectivity index (χ2v) is 9.96. The number of aromatic amines is 1. The molecule has 1 unspecified atom stereocenters. The Labute approximate surface area is 199 Å². The molecule has 0 spiro atoms. The largest absolute Gasteiger partial charge is 0.480 e. The highest BCUT2D eigenvalue weighted by Crippen LogP contribution is 2.18. The molecule has 32 heavy (non-hydrogen) atoms. The predicted molar refractivity (Wildman–Crippen MR) is 142 cm³/mol. The molecule has 3 N–H and O–H groups in total. The summed E-state index contributed by atoms with van der Waals surface area (Å²) in [6, 6.07) is 3.20. The first kappa shape index (κ1) is 27.9. The van der Waals surface area contributed by atoms with Crippen molar-refractivity contribution in [1.29, 1.82) is 0 Å². The van der Waals surface area contributed by atoms with E-state index in [2.05, 4.69) is 69.2 Å². The van der Waals surface area contributed by atoms with Gasteiger partial charge in [0.05, 0.1) is 0 Å². The number of thioether (sulfide) groups is 1. The number of hydrogen-bond donors (Lipinski definition) is 3. The Morgan fingerprint density at radius 3 is 2.31 bits per heavy atom. The van der Waals surface area contributed by atoms with E-state index in [0.717, 1.165) is 49.4 Å². The van der Waals surface area contributed by atoms with E-state index in [1.807, 2.05) is 19.1 Å². The van der Waals surface area contributed by atoms with Gasteiger partial charge in [-0.2, -0.15) is 11.8 Å². The van der Waals surface area contributed by atoms with Crippen LogP contribution < -0.4 is 5.32 Å². The Balaban J connectivity index is 2.57. The van der Waals surface area contributed by atoms with Crippen LogP contribution in [0, 0.1) is 6.92 Å². The summed E-state index contributed by atoms with van der Waals surface area (Å²) < 4.78 is 0. The molecule has 1 aromatic rings. The molecule has 0 amide bonds. The molecule has 0 saturated heterocycles. The van der Waals surface area contributed by atoms with Crippen LogP contribution in [0.2, 0.25) is 0 Å². The topological polar surface area (TPSA) is 65.1 Å². The average molecular weight is 459 g/mol. The van der Waals surface area contributed by atoms with Gasteiger partial charge < -0.3 is 15.4 Å². The summed E-state index contributed by atoms with van der Waals surface area (Å²) in [6.45, 7) is 12.7. The summed E-state index contributed by atoms with van der Waals surface area (Å²) in [5.74, 6) is 1.27. The third-order valence-electron chi connectivity index (χ3n) is 5.06. The highest BCUT2D eigenvalue weighted by Gasteiger charge is 2.17. The molecule has 0 radical (unpaired) electrons. The van der Waals surface area contributed by atoms with Crippen molar-refractivity contribution in [3.63, 3.8) is 0 Å². The van der Waals surface area contributed by atoms with Gasteiger partial charge in [-0.05, 0) is 85.8 Å². The van der Waals surface area contributed by atoms with Crippen molar-refractivity contribution >= 4 is 23.5 Å². The number of carboxylic acids is 1. The smallest absolute Gasteiger partial charge is 0.327 e. The second-order valence-electron chi connectivity index (χ2n) is 8.88. The van der Waals surface area contributed by atoms with Gasteiger partial charge in [-0.3, -0.25) is 0 Å². The van der Waals surface area contributed by atoms with E-state index < -0.39 is 12.0 Å². The molecule has 1 atom stereocenters. The predicted octanol–water partition coefficient (Wildman–Crippen LogP) is 7.68. The number of allylic oxidation sites excluding steroid dienone is 7.